The van der Waals surface area contributed by atoms with E-state index in [1.807, 2.05) is 12.1 Å². The van der Waals surface area contributed by atoms with E-state index in [1.54, 1.807) is 110 Å². The molecule has 2 fully saturated rings. The Labute approximate surface area is 283 Å². The second kappa shape index (κ2) is 16.4. The maximum absolute atomic E-state index is 13.6. The van der Waals surface area contributed by atoms with Crippen LogP contribution in [-0.4, -0.2) is 81.6 Å². The highest BCUT2D eigenvalue weighted by atomic mass is 16.7. The summed E-state index contributed by atoms with van der Waals surface area (Å²) in [5.41, 5.74) is 1.66. The van der Waals surface area contributed by atoms with Crippen molar-refractivity contribution in [2.45, 2.75) is 43.4 Å². The molecule has 0 radical (unpaired) electrons. The Morgan fingerprint density at radius 1 is 0.633 bits per heavy atom. The van der Waals surface area contributed by atoms with Gasteiger partial charge in [0.1, 0.15) is 30.7 Å². The predicted octanol–water partition coefficient (Wildman–Crippen LogP) is 5.03. The van der Waals surface area contributed by atoms with Crippen LogP contribution in [0.3, 0.4) is 0 Å². The minimum atomic E-state index is -1.22. The van der Waals surface area contributed by atoms with E-state index in [0.717, 1.165) is 5.56 Å². The lowest BCUT2D eigenvalue weighted by Crippen LogP contribution is -2.62. The summed E-state index contributed by atoms with van der Waals surface area (Å²) in [6, 6.07) is 32.5. The van der Waals surface area contributed by atoms with Crippen LogP contribution in [0, 0.1) is 0 Å². The van der Waals surface area contributed by atoms with Gasteiger partial charge in [0.15, 0.2) is 18.5 Å². The highest BCUT2D eigenvalue weighted by Gasteiger charge is 2.52. The molecule has 0 unspecified atom stereocenters. The fourth-order valence-electron chi connectivity index (χ4n) is 5.23. The zero-order chi connectivity index (χ0) is 34.0. The second-order valence-corrected chi connectivity index (χ2v) is 11.4. The molecule has 4 aromatic carbocycles. The maximum atomic E-state index is 13.6. The summed E-state index contributed by atoms with van der Waals surface area (Å²) in [6.45, 7) is 0.346. The first kappa shape index (κ1) is 33.8. The predicted molar refractivity (Wildman–Crippen MR) is 174 cm³/mol. The van der Waals surface area contributed by atoms with Gasteiger partial charge in [0, 0.05) is 0 Å². The van der Waals surface area contributed by atoms with Crippen molar-refractivity contribution in [1.82, 2.24) is 0 Å². The number of ether oxygens (including phenoxy) is 8. The molecular formula is C38H36O11. The summed E-state index contributed by atoms with van der Waals surface area (Å²) in [5, 5.41) is 0. The first-order valence-corrected chi connectivity index (χ1v) is 15.9. The zero-order valence-corrected chi connectivity index (χ0v) is 26.8. The summed E-state index contributed by atoms with van der Waals surface area (Å²) in [5.74, 6) is -1.28. The standard InChI is InChI=1S/C38H36O11/c1-42-29-19-17-25(18-20-29)21-44-33-32(48-36(40)27-13-7-3-8-14-27)31(24-45-35(39)26-11-5-2-6-12-26)47-38(46-23-30-22-43-30)34(33)49-37(41)28-15-9-4-10-16-28/h2-20,30-34,38H,21-24H2,1H3/t30-,31-,32+,33+,34-,38-/m1/s1. The Morgan fingerprint density at radius 2 is 1.16 bits per heavy atom. The molecule has 6 rings (SSSR count). The van der Waals surface area contributed by atoms with Crippen LogP contribution < -0.4 is 4.74 Å². The average molecular weight is 669 g/mol. The van der Waals surface area contributed by atoms with Gasteiger partial charge in [0.2, 0.25) is 0 Å². The molecule has 0 bridgehead atoms. The number of methoxy groups -OCH3 is 1. The first-order valence-electron chi connectivity index (χ1n) is 15.9. The number of hydrogen-bond donors (Lipinski definition) is 0. The number of carbonyl (C=O) groups excluding carboxylic acids is 3. The van der Waals surface area contributed by atoms with Gasteiger partial charge < -0.3 is 37.9 Å². The van der Waals surface area contributed by atoms with Gasteiger partial charge in [0.25, 0.3) is 0 Å². The number of esters is 3. The van der Waals surface area contributed by atoms with Gasteiger partial charge >= 0.3 is 17.9 Å². The van der Waals surface area contributed by atoms with Crippen LogP contribution in [0.15, 0.2) is 115 Å². The fraction of sp³-hybridized carbons (Fsp3) is 0.289. The van der Waals surface area contributed by atoms with E-state index in [4.69, 9.17) is 37.9 Å². The minimum Gasteiger partial charge on any atom is -0.497 e. The van der Waals surface area contributed by atoms with E-state index < -0.39 is 48.6 Å². The normalized spacial score (nSPS) is 22.8. The highest BCUT2D eigenvalue weighted by Crippen LogP contribution is 2.32. The third-order valence-corrected chi connectivity index (χ3v) is 7.93. The molecule has 0 amide bonds. The Morgan fingerprint density at radius 3 is 1.69 bits per heavy atom. The molecule has 11 nitrogen and oxygen atoms in total. The van der Waals surface area contributed by atoms with Crippen LogP contribution in [0.4, 0.5) is 0 Å². The van der Waals surface area contributed by atoms with Crippen molar-refractivity contribution < 1.29 is 52.3 Å². The zero-order valence-electron chi connectivity index (χ0n) is 26.8. The maximum Gasteiger partial charge on any atom is 0.338 e. The fourth-order valence-corrected chi connectivity index (χ4v) is 5.23. The van der Waals surface area contributed by atoms with Crippen molar-refractivity contribution in [3.8, 4) is 5.75 Å². The monoisotopic (exact) mass is 668 g/mol. The lowest BCUT2D eigenvalue weighted by molar-refractivity contribution is -0.307. The van der Waals surface area contributed by atoms with Crippen molar-refractivity contribution in [2.24, 2.45) is 0 Å². The number of rotatable bonds is 14. The molecule has 2 saturated heterocycles. The summed E-state index contributed by atoms with van der Waals surface area (Å²) in [7, 11) is 1.57. The largest absolute Gasteiger partial charge is 0.497 e. The third kappa shape index (κ3) is 9.09. The first-order chi connectivity index (χ1) is 24.0. The van der Waals surface area contributed by atoms with Gasteiger partial charge in [-0.05, 0) is 54.1 Å². The summed E-state index contributed by atoms with van der Waals surface area (Å²) < 4.78 is 47.4. The van der Waals surface area contributed by atoms with Crippen LogP contribution in [0.2, 0.25) is 0 Å². The molecule has 4 aromatic rings. The SMILES string of the molecule is COc1ccc(CO[C@H]2[C@@H](OC(=O)c3ccccc3)[C@@H](COC(=O)c3ccccc3)O[C@@H](OC[C@H]3CO3)[C@@H]2OC(=O)c2ccccc2)cc1. The smallest absolute Gasteiger partial charge is 0.338 e. The van der Waals surface area contributed by atoms with E-state index in [2.05, 4.69) is 0 Å². The topological polar surface area (TPSA) is 128 Å². The van der Waals surface area contributed by atoms with E-state index in [1.165, 1.54) is 0 Å². The molecule has 0 aromatic heterocycles. The average Bonchev–Trinajstić information content (AvgIpc) is 3.99. The summed E-state index contributed by atoms with van der Waals surface area (Å²) in [6.07, 6.45) is -6.03. The van der Waals surface area contributed by atoms with E-state index in [9.17, 15) is 14.4 Å². The number of hydrogen-bond acceptors (Lipinski definition) is 11. The number of benzene rings is 4. The van der Waals surface area contributed by atoms with Crippen LogP contribution in [0.1, 0.15) is 36.6 Å². The van der Waals surface area contributed by atoms with Crippen molar-refractivity contribution in [1.29, 1.82) is 0 Å². The van der Waals surface area contributed by atoms with Gasteiger partial charge in [-0.3, -0.25) is 0 Å². The van der Waals surface area contributed by atoms with Gasteiger partial charge in [0.05, 0.1) is 43.6 Å². The van der Waals surface area contributed by atoms with Crippen LogP contribution in [0.5, 0.6) is 5.75 Å². The molecule has 6 atom stereocenters. The highest BCUT2D eigenvalue weighted by molar-refractivity contribution is 5.90. The number of epoxide rings is 1. The van der Waals surface area contributed by atoms with Crippen LogP contribution >= 0.6 is 0 Å². The Kier molecular flexibility index (Phi) is 11.3. The van der Waals surface area contributed by atoms with Crippen molar-refractivity contribution in [2.75, 3.05) is 26.9 Å². The number of carbonyl (C=O) groups is 3. The molecule has 254 valence electrons. The van der Waals surface area contributed by atoms with Crippen LogP contribution in [0.25, 0.3) is 0 Å². The Hall–Kier alpha value is -5.07. The van der Waals surface area contributed by atoms with Crippen LogP contribution in [-0.2, 0) is 39.8 Å². The van der Waals surface area contributed by atoms with E-state index >= 15 is 0 Å². The Balaban J connectivity index is 1.34. The Bertz CT molecular complexity index is 1660. The molecule has 49 heavy (non-hydrogen) atoms. The molecule has 11 heteroatoms. The van der Waals surface area contributed by atoms with Crippen molar-refractivity contribution in [3.63, 3.8) is 0 Å². The van der Waals surface area contributed by atoms with E-state index in [0.29, 0.717) is 17.9 Å². The van der Waals surface area contributed by atoms with Gasteiger partial charge in [-0.15, -0.1) is 0 Å². The quantitative estimate of drug-likeness (QED) is 0.102. The lowest BCUT2D eigenvalue weighted by Gasteiger charge is -2.44. The lowest BCUT2D eigenvalue weighted by atomic mass is 9.97. The molecule has 0 saturated carbocycles. The van der Waals surface area contributed by atoms with E-state index in [-0.39, 0.29) is 37.1 Å². The molecule has 2 aliphatic heterocycles. The third-order valence-electron chi connectivity index (χ3n) is 7.93. The second-order valence-electron chi connectivity index (χ2n) is 11.4. The van der Waals surface area contributed by atoms with Crippen molar-refractivity contribution >= 4 is 17.9 Å². The van der Waals surface area contributed by atoms with Gasteiger partial charge in [-0.1, -0.05) is 66.7 Å². The van der Waals surface area contributed by atoms with Crippen molar-refractivity contribution in [3.05, 3.63) is 138 Å². The molecule has 2 aliphatic rings. The molecular weight excluding hydrogens is 632 g/mol. The van der Waals surface area contributed by atoms with Gasteiger partial charge in [-0.25, -0.2) is 14.4 Å². The summed E-state index contributed by atoms with van der Waals surface area (Å²) in [4.78, 5) is 40.1. The molecule has 0 spiro atoms. The molecule has 2 heterocycles. The molecule has 0 N–H and O–H groups in total. The molecule has 0 aliphatic carbocycles. The summed E-state index contributed by atoms with van der Waals surface area (Å²) >= 11 is 0. The minimum absolute atomic E-state index is 0.0302. The van der Waals surface area contributed by atoms with Gasteiger partial charge in [-0.2, -0.15) is 0 Å².